The molecule has 2 N–H and O–H groups in total. The minimum absolute atomic E-state index is 0.647. The number of aryl methyl sites for hydroxylation is 3. The Morgan fingerprint density at radius 1 is 1.12 bits per heavy atom. The lowest BCUT2D eigenvalue weighted by atomic mass is 10.1. The highest BCUT2D eigenvalue weighted by Gasteiger charge is 2.08. The number of aromatic nitrogens is 2. The monoisotopic (exact) mass is 327 g/mol. The summed E-state index contributed by atoms with van der Waals surface area (Å²) in [6, 6.07) is 8.33. The van der Waals surface area contributed by atoms with E-state index in [1.165, 1.54) is 11.1 Å². The number of para-hydroxylation sites is 1. The van der Waals surface area contributed by atoms with Crippen LogP contribution in [0.2, 0.25) is 0 Å². The van der Waals surface area contributed by atoms with Gasteiger partial charge in [-0.2, -0.15) is 4.98 Å². The minimum atomic E-state index is 0.647. The average Bonchev–Trinajstić information content (AvgIpc) is 2.53. The van der Waals surface area contributed by atoms with Crippen molar-refractivity contribution in [3.05, 3.63) is 41.1 Å². The summed E-state index contributed by atoms with van der Waals surface area (Å²) in [5.41, 5.74) is 4.55. The number of rotatable bonds is 8. The van der Waals surface area contributed by atoms with Gasteiger partial charge in [-0.05, 0) is 58.5 Å². The number of anilines is 3. The van der Waals surface area contributed by atoms with Crippen molar-refractivity contribution < 1.29 is 0 Å². The quantitative estimate of drug-likeness (QED) is 0.723. The van der Waals surface area contributed by atoms with Crippen LogP contribution >= 0.6 is 0 Å². The molecule has 0 fully saturated rings. The standard InChI is InChI=1S/C19H29N5/c1-6-16-10-7-9-14(2)18(16)23-19-21-15(3)13-17(22-19)20-11-8-12-24(4)5/h7,9-10,13H,6,8,11-12H2,1-5H3,(H2,20,21,22,23). The van der Waals surface area contributed by atoms with Crippen LogP contribution in [0.4, 0.5) is 17.5 Å². The lowest BCUT2D eigenvalue weighted by Crippen LogP contribution is -2.17. The van der Waals surface area contributed by atoms with Crippen molar-refractivity contribution in [3.8, 4) is 0 Å². The Labute approximate surface area is 145 Å². The van der Waals surface area contributed by atoms with Gasteiger partial charge in [-0.1, -0.05) is 25.1 Å². The van der Waals surface area contributed by atoms with Crippen LogP contribution in [0.25, 0.3) is 0 Å². The normalized spacial score (nSPS) is 10.9. The van der Waals surface area contributed by atoms with Crippen molar-refractivity contribution in [2.45, 2.75) is 33.6 Å². The third kappa shape index (κ3) is 5.20. The maximum Gasteiger partial charge on any atom is 0.229 e. The molecule has 2 aromatic rings. The largest absolute Gasteiger partial charge is 0.370 e. The van der Waals surface area contributed by atoms with Gasteiger partial charge in [0.2, 0.25) is 5.95 Å². The molecule has 0 aliphatic rings. The summed E-state index contributed by atoms with van der Waals surface area (Å²) in [6.45, 7) is 8.23. The zero-order valence-electron chi connectivity index (χ0n) is 15.5. The van der Waals surface area contributed by atoms with E-state index in [1.807, 2.05) is 13.0 Å². The lowest BCUT2D eigenvalue weighted by molar-refractivity contribution is 0.405. The molecular weight excluding hydrogens is 298 g/mol. The maximum atomic E-state index is 4.62. The topological polar surface area (TPSA) is 53.1 Å². The highest BCUT2D eigenvalue weighted by Crippen LogP contribution is 2.24. The summed E-state index contributed by atoms with van der Waals surface area (Å²) in [7, 11) is 4.18. The van der Waals surface area contributed by atoms with E-state index in [9.17, 15) is 0 Å². The molecular formula is C19H29N5. The van der Waals surface area contributed by atoms with E-state index in [-0.39, 0.29) is 0 Å². The summed E-state index contributed by atoms with van der Waals surface area (Å²) in [5, 5.41) is 6.80. The first-order chi connectivity index (χ1) is 11.5. The van der Waals surface area contributed by atoms with Gasteiger partial charge in [-0.15, -0.1) is 0 Å². The Morgan fingerprint density at radius 2 is 1.92 bits per heavy atom. The number of hydrogen-bond donors (Lipinski definition) is 2. The molecule has 0 bridgehead atoms. The van der Waals surface area contributed by atoms with Gasteiger partial charge in [-0.3, -0.25) is 0 Å². The van der Waals surface area contributed by atoms with Crippen LogP contribution in [0.15, 0.2) is 24.3 Å². The van der Waals surface area contributed by atoms with Crippen molar-refractivity contribution in [2.24, 2.45) is 0 Å². The van der Waals surface area contributed by atoms with Crippen molar-refractivity contribution in [1.82, 2.24) is 14.9 Å². The molecule has 1 heterocycles. The average molecular weight is 327 g/mol. The lowest BCUT2D eigenvalue weighted by Gasteiger charge is -2.15. The van der Waals surface area contributed by atoms with Crippen LogP contribution in [-0.2, 0) is 6.42 Å². The van der Waals surface area contributed by atoms with Crippen LogP contribution in [-0.4, -0.2) is 42.1 Å². The van der Waals surface area contributed by atoms with E-state index < -0.39 is 0 Å². The third-order valence-corrected chi connectivity index (χ3v) is 3.92. The van der Waals surface area contributed by atoms with Gasteiger partial charge < -0.3 is 15.5 Å². The van der Waals surface area contributed by atoms with E-state index in [4.69, 9.17) is 0 Å². The van der Waals surface area contributed by atoms with Gasteiger partial charge in [0.05, 0.1) is 0 Å². The van der Waals surface area contributed by atoms with E-state index in [0.717, 1.165) is 43.1 Å². The molecule has 1 aromatic heterocycles. The Morgan fingerprint density at radius 3 is 2.62 bits per heavy atom. The molecule has 0 aliphatic heterocycles. The van der Waals surface area contributed by atoms with E-state index in [0.29, 0.717) is 5.95 Å². The summed E-state index contributed by atoms with van der Waals surface area (Å²) >= 11 is 0. The van der Waals surface area contributed by atoms with Crippen LogP contribution in [0.5, 0.6) is 0 Å². The molecule has 1 aromatic carbocycles. The van der Waals surface area contributed by atoms with Crippen molar-refractivity contribution >= 4 is 17.5 Å². The molecule has 0 radical (unpaired) electrons. The van der Waals surface area contributed by atoms with Gasteiger partial charge >= 0.3 is 0 Å². The number of hydrogen-bond acceptors (Lipinski definition) is 5. The first-order valence-electron chi connectivity index (χ1n) is 8.59. The van der Waals surface area contributed by atoms with Gasteiger partial charge in [0, 0.05) is 24.0 Å². The Bertz CT molecular complexity index is 667. The van der Waals surface area contributed by atoms with Crippen LogP contribution in [0.3, 0.4) is 0 Å². The molecule has 24 heavy (non-hydrogen) atoms. The SMILES string of the molecule is CCc1cccc(C)c1Nc1nc(C)cc(NCCCN(C)C)n1. The molecule has 0 saturated carbocycles. The van der Waals surface area contributed by atoms with Crippen molar-refractivity contribution in [1.29, 1.82) is 0 Å². The highest BCUT2D eigenvalue weighted by atomic mass is 15.1. The van der Waals surface area contributed by atoms with Crippen LogP contribution in [0.1, 0.15) is 30.2 Å². The molecule has 5 heteroatoms. The molecule has 0 aliphatic carbocycles. The van der Waals surface area contributed by atoms with Crippen LogP contribution in [0, 0.1) is 13.8 Å². The summed E-state index contributed by atoms with van der Waals surface area (Å²) in [6.07, 6.45) is 2.06. The first-order valence-corrected chi connectivity index (χ1v) is 8.59. The van der Waals surface area contributed by atoms with Gasteiger partial charge in [0.1, 0.15) is 5.82 Å². The summed E-state index contributed by atoms with van der Waals surface area (Å²) < 4.78 is 0. The summed E-state index contributed by atoms with van der Waals surface area (Å²) in [5.74, 6) is 1.52. The molecule has 0 atom stereocenters. The Balaban J connectivity index is 2.11. The second kappa shape index (κ2) is 8.64. The predicted molar refractivity (Wildman–Crippen MR) is 102 cm³/mol. The number of benzene rings is 1. The molecule has 0 amide bonds. The number of nitrogens with one attached hydrogen (secondary N) is 2. The van der Waals surface area contributed by atoms with Gasteiger partial charge in [0.25, 0.3) is 0 Å². The fourth-order valence-electron chi connectivity index (χ4n) is 2.64. The predicted octanol–water partition coefficient (Wildman–Crippen LogP) is 3.76. The molecule has 2 rings (SSSR count). The zero-order valence-corrected chi connectivity index (χ0v) is 15.5. The summed E-state index contributed by atoms with van der Waals surface area (Å²) in [4.78, 5) is 11.3. The van der Waals surface area contributed by atoms with E-state index in [1.54, 1.807) is 0 Å². The Kier molecular flexibility index (Phi) is 6.55. The molecule has 0 spiro atoms. The number of nitrogens with zero attached hydrogens (tertiary/aromatic N) is 3. The molecule has 130 valence electrons. The molecule has 0 unspecified atom stereocenters. The smallest absolute Gasteiger partial charge is 0.229 e. The molecule has 5 nitrogen and oxygen atoms in total. The Hall–Kier alpha value is -2.14. The van der Waals surface area contributed by atoms with Gasteiger partial charge in [0.15, 0.2) is 0 Å². The van der Waals surface area contributed by atoms with Crippen molar-refractivity contribution in [2.75, 3.05) is 37.8 Å². The second-order valence-electron chi connectivity index (χ2n) is 6.39. The van der Waals surface area contributed by atoms with E-state index in [2.05, 4.69) is 71.6 Å². The highest BCUT2D eigenvalue weighted by molar-refractivity contribution is 5.64. The molecule has 0 saturated heterocycles. The van der Waals surface area contributed by atoms with Crippen molar-refractivity contribution in [3.63, 3.8) is 0 Å². The van der Waals surface area contributed by atoms with Gasteiger partial charge in [-0.25, -0.2) is 4.98 Å². The van der Waals surface area contributed by atoms with Crippen LogP contribution < -0.4 is 10.6 Å². The third-order valence-electron chi connectivity index (χ3n) is 3.92. The first kappa shape index (κ1) is 18.2. The zero-order chi connectivity index (χ0) is 17.5. The fourth-order valence-corrected chi connectivity index (χ4v) is 2.64. The maximum absolute atomic E-state index is 4.62. The minimum Gasteiger partial charge on any atom is -0.370 e. The second-order valence-corrected chi connectivity index (χ2v) is 6.39. The fraction of sp³-hybridized carbons (Fsp3) is 0.474. The van der Waals surface area contributed by atoms with E-state index >= 15 is 0 Å².